The Hall–Kier alpha value is -0.0400. The quantitative estimate of drug-likeness (QED) is 0.621. The predicted octanol–water partition coefficient (Wildman–Crippen LogP) is 3.54. The zero-order valence-electron chi connectivity index (χ0n) is 10.8. The van der Waals surface area contributed by atoms with E-state index < -0.39 is 0 Å². The van der Waals surface area contributed by atoms with Crippen molar-refractivity contribution in [2.24, 2.45) is 11.3 Å². The molecule has 1 rings (SSSR count). The maximum Gasteiger partial charge on any atom is 0.00724 e. The average molecular weight is 197 g/mol. The van der Waals surface area contributed by atoms with Crippen LogP contribution in [0.5, 0.6) is 0 Å². The number of likely N-dealkylation sites (tertiary alicyclic amines) is 1. The Kier molecular flexibility index (Phi) is 3.63. The standard InChI is InChI=1S/C13H27N/c1-10(2)14-8-7-12(9-11(14)3)13(4,5)6/h10-12H,7-9H2,1-6H3/t11-,12-/m1/s1. The number of hydrogen-bond donors (Lipinski definition) is 0. The van der Waals surface area contributed by atoms with Gasteiger partial charge in [0.15, 0.2) is 0 Å². The first-order valence-corrected chi connectivity index (χ1v) is 6.08. The van der Waals surface area contributed by atoms with Gasteiger partial charge in [-0.25, -0.2) is 0 Å². The molecule has 0 bridgehead atoms. The zero-order valence-corrected chi connectivity index (χ0v) is 10.8. The van der Waals surface area contributed by atoms with Gasteiger partial charge in [0.1, 0.15) is 0 Å². The van der Waals surface area contributed by atoms with E-state index in [4.69, 9.17) is 0 Å². The van der Waals surface area contributed by atoms with Crippen molar-refractivity contribution in [1.82, 2.24) is 4.90 Å². The fourth-order valence-corrected chi connectivity index (χ4v) is 2.74. The maximum absolute atomic E-state index is 2.64. The third-order valence-corrected chi connectivity index (χ3v) is 3.82. The normalized spacial score (nSPS) is 31.1. The Balaban J connectivity index is 2.55. The fourth-order valence-electron chi connectivity index (χ4n) is 2.74. The highest BCUT2D eigenvalue weighted by Gasteiger charge is 2.33. The lowest BCUT2D eigenvalue weighted by Gasteiger charge is -2.44. The van der Waals surface area contributed by atoms with E-state index >= 15 is 0 Å². The summed E-state index contributed by atoms with van der Waals surface area (Å²) in [4.78, 5) is 2.64. The Morgan fingerprint density at radius 1 is 1.21 bits per heavy atom. The van der Waals surface area contributed by atoms with Crippen LogP contribution < -0.4 is 0 Å². The smallest absolute Gasteiger partial charge is 0.00724 e. The van der Waals surface area contributed by atoms with Gasteiger partial charge in [-0.15, -0.1) is 0 Å². The van der Waals surface area contributed by atoms with Gasteiger partial charge in [-0.1, -0.05) is 20.8 Å². The molecule has 0 aromatic rings. The number of nitrogens with zero attached hydrogens (tertiary/aromatic N) is 1. The van der Waals surface area contributed by atoms with E-state index in [-0.39, 0.29) is 0 Å². The molecule has 0 spiro atoms. The van der Waals surface area contributed by atoms with Crippen LogP contribution in [0.4, 0.5) is 0 Å². The molecule has 84 valence electrons. The Morgan fingerprint density at radius 3 is 2.14 bits per heavy atom. The van der Waals surface area contributed by atoms with Crippen LogP contribution in [0.2, 0.25) is 0 Å². The lowest BCUT2D eigenvalue weighted by atomic mass is 9.73. The molecule has 0 radical (unpaired) electrons. The molecule has 0 N–H and O–H groups in total. The van der Waals surface area contributed by atoms with Gasteiger partial charge in [0, 0.05) is 12.1 Å². The second-order valence-electron chi connectivity index (χ2n) is 6.27. The van der Waals surface area contributed by atoms with Crippen LogP contribution in [0, 0.1) is 11.3 Å². The number of rotatable bonds is 1. The highest BCUT2D eigenvalue weighted by atomic mass is 15.2. The molecular formula is C13H27N. The van der Waals surface area contributed by atoms with Gasteiger partial charge in [0.05, 0.1) is 0 Å². The third-order valence-electron chi connectivity index (χ3n) is 3.82. The van der Waals surface area contributed by atoms with Gasteiger partial charge in [0.25, 0.3) is 0 Å². The van der Waals surface area contributed by atoms with Crippen molar-refractivity contribution in [3.63, 3.8) is 0 Å². The first-order valence-electron chi connectivity index (χ1n) is 6.08. The topological polar surface area (TPSA) is 3.24 Å². The van der Waals surface area contributed by atoms with Crippen LogP contribution in [0.25, 0.3) is 0 Å². The van der Waals surface area contributed by atoms with E-state index in [1.165, 1.54) is 19.4 Å². The van der Waals surface area contributed by atoms with Gasteiger partial charge in [-0.3, -0.25) is 4.90 Å². The molecule has 1 fully saturated rings. The first-order chi connectivity index (χ1) is 6.32. The van der Waals surface area contributed by atoms with Crippen LogP contribution >= 0.6 is 0 Å². The maximum atomic E-state index is 2.64. The summed E-state index contributed by atoms with van der Waals surface area (Å²) in [5, 5.41) is 0. The first kappa shape index (κ1) is 12.0. The van der Waals surface area contributed by atoms with Crippen molar-refractivity contribution >= 4 is 0 Å². The lowest BCUT2D eigenvalue weighted by Crippen LogP contribution is -2.46. The molecule has 0 aromatic heterocycles. The predicted molar refractivity (Wildman–Crippen MR) is 63.5 cm³/mol. The molecule has 14 heavy (non-hydrogen) atoms. The molecule has 0 aromatic carbocycles. The summed E-state index contributed by atoms with van der Waals surface area (Å²) in [5.41, 5.74) is 0.497. The molecular weight excluding hydrogens is 170 g/mol. The van der Waals surface area contributed by atoms with Crippen molar-refractivity contribution < 1.29 is 0 Å². The molecule has 1 aliphatic rings. The molecule has 0 aliphatic carbocycles. The van der Waals surface area contributed by atoms with Crippen LogP contribution in [0.15, 0.2) is 0 Å². The van der Waals surface area contributed by atoms with Crippen LogP contribution in [0.3, 0.4) is 0 Å². The molecule has 0 saturated carbocycles. The van der Waals surface area contributed by atoms with Gasteiger partial charge < -0.3 is 0 Å². The minimum atomic E-state index is 0.497. The molecule has 1 nitrogen and oxygen atoms in total. The van der Waals surface area contributed by atoms with Crippen molar-refractivity contribution in [3.8, 4) is 0 Å². The largest absolute Gasteiger partial charge is 0.298 e. The van der Waals surface area contributed by atoms with Crippen LogP contribution in [-0.4, -0.2) is 23.5 Å². The van der Waals surface area contributed by atoms with Crippen LogP contribution in [0.1, 0.15) is 54.4 Å². The minimum absolute atomic E-state index is 0.497. The minimum Gasteiger partial charge on any atom is -0.298 e. The highest BCUT2D eigenvalue weighted by molar-refractivity contribution is 4.86. The summed E-state index contributed by atoms with van der Waals surface area (Å²) in [5.74, 6) is 0.910. The molecule has 1 aliphatic heterocycles. The second-order valence-corrected chi connectivity index (χ2v) is 6.27. The van der Waals surface area contributed by atoms with Crippen molar-refractivity contribution in [1.29, 1.82) is 0 Å². The van der Waals surface area contributed by atoms with E-state index in [1.54, 1.807) is 0 Å². The molecule has 2 atom stereocenters. The second kappa shape index (κ2) is 4.22. The van der Waals surface area contributed by atoms with Gasteiger partial charge in [-0.2, -0.15) is 0 Å². The van der Waals surface area contributed by atoms with Crippen molar-refractivity contribution in [3.05, 3.63) is 0 Å². The molecule has 0 amide bonds. The summed E-state index contributed by atoms with van der Waals surface area (Å²) in [6.45, 7) is 15.5. The number of hydrogen-bond acceptors (Lipinski definition) is 1. The zero-order chi connectivity index (χ0) is 10.9. The summed E-state index contributed by atoms with van der Waals surface area (Å²) in [7, 11) is 0. The fraction of sp³-hybridized carbons (Fsp3) is 1.00. The monoisotopic (exact) mass is 197 g/mol. The van der Waals surface area contributed by atoms with Gasteiger partial charge in [-0.05, 0) is 51.5 Å². The third kappa shape index (κ3) is 2.73. The average Bonchev–Trinajstić information content (AvgIpc) is 2.01. The number of piperidine rings is 1. The van der Waals surface area contributed by atoms with E-state index in [0.717, 1.165) is 12.0 Å². The van der Waals surface area contributed by atoms with E-state index in [2.05, 4.69) is 46.4 Å². The van der Waals surface area contributed by atoms with E-state index in [0.29, 0.717) is 11.5 Å². The Labute approximate surface area is 89.9 Å². The van der Waals surface area contributed by atoms with Crippen LogP contribution in [-0.2, 0) is 0 Å². The van der Waals surface area contributed by atoms with Gasteiger partial charge >= 0.3 is 0 Å². The summed E-state index contributed by atoms with van der Waals surface area (Å²) < 4.78 is 0. The Bertz CT molecular complexity index is 178. The Morgan fingerprint density at radius 2 is 1.79 bits per heavy atom. The van der Waals surface area contributed by atoms with Crippen molar-refractivity contribution in [2.75, 3.05) is 6.54 Å². The van der Waals surface area contributed by atoms with Crippen molar-refractivity contribution in [2.45, 2.75) is 66.5 Å². The SMILES string of the molecule is CC(C)N1CC[C@@H](C(C)(C)C)C[C@H]1C. The molecule has 1 heteroatoms. The molecule has 0 unspecified atom stereocenters. The van der Waals surface area contributed by atoms with E-state index in [1.807, 2.05) is 0 Å². The highest BCUT2D eigenvalue weighted by Crippen LogP contribution is 2.37. The summed E-state index contributed by atoms with van der Waals surface area (Å²) in [6.07, 6.45) is 2.76. The summed E-state index contributed by atoms with van der Waals surface area (Å²) in [6, 6.07) is 1.49. The van der Waals surface area contributed by atoms with Gasteiger partial charge in [0.2, 0.25) is 0 Å². The molecule has 1 saturated heterocycles. The lowest BCUT2D eigenvalue weighted by molar-refractivity contribution is 0.0496. The summed E-state index contributed by atoms with van der Waals surface area (Å²) >= 11 is 0. The molecule has 1 heterocycles. The van der Waals surface area contributed by atoms with E-state index in [9.17, 15) is 0 Å².